The number of hydrogen-bond acceptors (Lipinski definition) is 17. The van der Waals surface area contributed by atoms with Crippen molar-refractivity contribution in [3.63, 3.8) is 0 Å². The molecule has 7 unspecified atom stereocenters. The molecule has 0 amide bonds. The predicted octanol–water partition coefficient (Wildman–Crippen LogP) is -3.28. The Balaban J connectivity index is 4.80. The first kappa shape index (κ1) is 45.3. The zero-order valence-corrected chi connectivity index (χ0v) is 27.7. The van der Waals surface area contributed by atoms with Gasteiger partial charge in [0.05, 0.1) is 112 Å². The number of aliphatic hydroxyl groups excluding tert-OH is 7. The predicted molar refractivity (Wildman–Crippen MR) is 162 cm³/mol. The maximum atomic E-state index is 10.1. The van der Waals surface area contributed by atoms with Gasteiger partial charge in [0.25, 0.3) is 0 Å². The maximum absolute atomic E-state index is 10.1. The summed E-state index contributed by atoms with van der Waals surface area (Å²) in [6, 6.07) is 0. The molecule has 0 saturated heterocycles. The second-order valence-electron chi connectivity index (χ2n) is 10.9. The van der Waals surface area contributed by atoms with Crippen LogP contribution in [0.3, 0.4) is 0 Å². The van der Waals surface area contributed by atoms with E-state index in [9.17, 15) is 35.7 Å². The van der Waals surface area contributed by atoms with E-state index in [1.54, 1.807) is 0 Å². The van der Waals surface area contributed by atoms with Gasteiger partial charge in [-0.1, -0.05) is 0 Å². The topological polar surface area (TPSA) is 234 Å². The van der Waals surface area contributed by atoms with Crippen molar-refractivity contribution in [3.8, 4) is 0 Å². The van der Waals surface area contributed by atoms with Gasteiger partial charge in [0.15, 0.2) is 0 Å². The molecule has 0 aromatic rings. The van der Waals surface area contributed by atoms with Crippen LogP contribution in [0.15, 0.2) is 0 Å². The van der Waals surface area contributed by atoms with Crippen LogP contribution in [-0.4, -0.2) is 211 Å². The van der Waals surface area contributed by atoms with Gasteiger partial charge in [-0.05, 0) is 13.8 Å². The summed E-state index contributed by atoms with van der Waals surface area (Å²) < 4.78 is 54.3. The molecule has 0 radical (unpaired) electrons. The SMILES string of the molecule is COCC(O)COCC(O)COCC(COC(COCC(CO)OCC(O)COCC(O)COC)COC(CO)CO)OC(C)C. The molecular formula is C29H60O17. The molecule has 0 bridgehead atoms. The first-order valence-electron chi connectivity index (χ1n) is 15.4. The van der Waals surface area contributed by atoms with Crippen molar-refractivity contribution < 1.29 is 83.1 Å². The van der Waals surface area contributed by atoms with Gasteiger partial charge < -0.3 is 83.1 Å². The first-order valence-corrected chi connectivity index (χ1v) is 15.4. The summed E-state index contributed by atoms with van der Waals surface area (Å²) in [4.78, 5) is 0. The fourth-order valence-electron chi connectivity index (χ4n) is 3.63. The highest BCUT2D eigenvalue weighted by atomic mass is 16.6. The van der Waals surface area contributed by atoms with Crippen LogP contribution in [-0.2, 0) is 47.4 Å². The van der Waals surface area contributed by atoms with Gasteiger partial charge in [-0.25, -0.2) is 0 Å². The van der Waals surface area contributed by atoms with E-state index in [0.717, 1.165) is 0 Å². The number of methoxy groups -OCH3 is 2. The largest absolute Gasteiger partial charge is 0.394 e. The number of aliphatic hydroxyl groups is 7. The molecule has 0 aromatic carbocycles. The van der Waals surface area contributed by atoms with Crippen molar-refractivity contribution >= 4 is 0 Å². The zero-order chi connectivity index (χ0) is 34.6. The smallest absolute Gasteiger partial charge is 0.104 e. The van der Waals surface area contributed by atoms with Crippen LogP contribution in [0, 0.1) is 0 Å². The Bertz CT molecular complexity index is 645. The van der Waals surface area contributed by atoms with Crippen LogP contribution in [0.25, 0.3) is 0 Å². The standard InChI is InChI=1S/C29H60O17/c1-21(2)46-29(18-41-13-24(35)12-39-10-22(33)8-37-3)20-45-28(19-44-26(5-30)6-31)17-42-16-27(7-32)43-15-25(36)14-40-11-23(34)9-38-4/h21-36H,5-20H2,1-4H3. The fraction of sp³-hybridized carbons (Fsp3) is 1.00. The Hall–Kier alpha value is -0.680. The minimum Gasteiger partial charge on any atom is -0.394 e. The lowest BCUT2D eigenvalue weighted by atomic mass is 10.3. The highest BCUT2D eigenvalue weighted by molar-refractivity contribution is 4.66. The second kappa shape index (κ2) is 30.4. The summed E-state index contributed by atoms with van der Waals surface area (Å²) in [6.07, 6.45) is -6.47. The molecule has 17 nitrogen and oxygen atoms in total. The second-order valence-corrected chi connectivity index (χ2v) is 10.9. The highest BCUT2D eigenvalue weighted by Crippen LogP contribution is 2.07. The minimum absolute atomic E-state index is 0.00722. The summed E-state index contributed by atoms with van der Waals surface area (Å²) in [5.41, 5.74) is 0. The third kappa shape index (κ3) is 26.3. The van der Waals surface area contributed by atoms with E-state index in [2.05, 4.69) is 0 Å². The molecule has 0 spiro atoms. The normalized spacial score (nSPS) is 16.9. The lowest BCUT2D eigenvalue weighted by Crippen LogP contribution is -2.37. The number of ether oxygens (including phenoxy) is 10. The van der Waals surface area contributed by atoms with Crippen molar-refractivity contribution in [1.29, 1.82) is 0 Å². The average Bonchev–Trinajstić information content (AvgIpc) is 3.01. The Kier molecular flexibility index (Phi) is 29.9. The van der Waals surface area contributed by atoms with Crippen LogP contribution >= 0.6 is 0 Å². The molecule has 0 aromatic heterocycles. The Morgan fingerprint density at radius 3 is 1.22 bits per heavy atom. The zero-order valence-electron chi connectivity index (χ0n) is 27.7. The van der Waals surface area contributed by atoms with Crippen molar-refractivity contribution in [2.75, 3.05) is 120 Å². The Labute approximate surface area is 272 Å². The van der Waals surface area contributed by atoms with Crippen LogP contribution in [0.5, 0.6) is 0 Å². The highest BCUT2D eigenvalue weighted by Gasteiger charge is 2.21. The number of hydrogen-bond donors (Lipinski definition) is 7. The molecular weight excluding hydrogens is 620 g/mol. The van der Waals surface area contributed by atoms with Gasteiger partial charge in [0.2, 0.25) is 0 Å². The van der Waals surface area contributed by atoms with Crippen LogP contribution in [0.1, 0.15) is 13.8 Å². The van der Waals surface area contributed by atoms with Crippen molar-refractivity contribution in [3.05, 3.63) is 0 Å². The lowest BCUT2D eigenvalue weighted by molar-refractivity contribution is -0.143. The molecule has 0 rings (SSSR count). The fourth-order valence-corrected chi connectivity index (χ4v) is 3.63. The molecule has 0 fully saturated rings. The summed E-state index contributed by atoms with van der Waals surface area (Å²) in [5.74, 6) is 0. The molecule has 46 heavy (non-hydrogen) atoms. The number of rotatable bonds is 34. The van der Waals surface area contributed by atoms with E-state index in [1.165, 1.54) is 14.2 Å². The molecule has 0 heterocycles. The summed E-state index contributed by atoms with van der Waals surface area (Å²) in [5, 5.41) is 67.8. The lowest BCUT2D eigenvalue weighted by Gasteiger charge is -2.26. The van der Waals surface area contributed by atoms with Crippen molar-refractivity contribution in [2.24, 2.45) is 0 Å². The van der Waals surface area contributed by atoms with Gasteiger partial charge in [0.1, 0.15) is 48.8 Å². The van der Waals surface area contributed by atoms with E-state index >= 15 is 0 Å². The quantitative estimate of drug-likeness (QED) is 0.0353. The third-order valence-electron chi connectivity index (χ3n) is 5.82. The van der Waals surface area contributed by atoms with Gasteiger partial charge in [-0.15, -0.1) is 0 Å². The minimum atomic E-state index is -0.996. The molecule has 0 saturated carbocycles. The Morgan fingerprint density at radius 2 is 0.739 bits per heavy atom. The van der Waals surface area contributed by atoms with Crippen molar-refractivity contribution in [1.82, 2.24) is 0 Å². The van der Waals surface area contributed by atoms with Gasteiger partial charge >= 0.3 is 0 Å². The van der Waals surface area contributed by atoms with Crippen molar-refractivity contribution in [2.45, 2.75) is 68.8 Å². The first-order chi connectivity index (χ1) is 22.1. The third-order valence-corrected chi connectivity index (χ3v) is 5.82. The summed E-state index contributed by atoms with van der Waals surface area (Å²) in [7, 11) is 2.91. The van der Waals surface area contributed by atoms with Gasteiger partial charge in [0, 0.05) is 14.2 Å². The summed E-state index contributed by atoms with van der Waals surface area (Å²) in [6.45, 7) is 2.50. The maximum Gasteiger partial charge on any atom is 0.104 e. The molecule has 278 valence electrons. The van der Waals surface area contributed by atoms with E-state index in [4.69, 9.17) is 47.4 Å². The molecule has 0 aliphatic carbocycles. The molecule has 7 N–H and O–H groups in total. The molecule has 0 aliphatic rings. The van der Waals surface area contributed by atoms with E-state index in [1.807, 2.05) is 13.8 Å². The molecule has 7 atom stereocenters. The molecule has 17 heteroatoms. The van der Waals surface area contributed by atoms with E-state index in [0.29, 0.717) is 0 Å². The van der Waals surface area contributed by atoms with Gasteiger partial charge in [-0.2, -0.15) is 0 Å². The van der Waals surface area contributed by atoms with Crippen LogP contribution < -0.4 is 0 Å². The molecule has 0 aliphatic heterocycles. The average molecular weight is 681 g/mol. The van der Waals surface area contributed by atoms with Crippen LogP contribution in [0.4, 0.5) is 0 Å². The summed E-state index contributed by atoms with van der Waals surface area (Å²) >= 11 is 0. The van der Waals surface area contributed by atoms with Gasteiger partial charge in [-0.3, -0.25) is 0 Å². The van der Waals surface area contributed by atoms with Crippen LogP contribution in [0.2, 0.25) is 0 Å². The van der Waals surface area contributed by atoms with E-state index in [-0.39, 0.29) is 98.6 Å². The Morgan fingerprint density at radius 1 is 0.391 bits per heavy atom. The van der Waals surface area contributed by atoms with E-state index < -0.39 is 62.0 Å². The monoisotopic (exact) mass is 680 g/mol.